The van der Waals surface area contributed by atoms with Crippen molar-refractivity contribution in [3.63, 3.8) is 0 Å². The lowest BCUT2D eigenvalue weighted by molar-refractivity contribution is -0.112. The number of carbonyl (C=O) groups excluding carboxylic acids is 1. The summed E-state index contributed by atoms with van der Waals surface area (Å²) >= 11 is 0. The third kappa shape index (κ3) is 2.00. The van der Waals surface area contributed by atoms with E-state index in [9.17, 15) is 13.2 Å². The van der Waals surface area contributed by atoms with Crippen molar-refractivity contribution in [1.82, 2.24) is 14.5 Å². The van der Waals surface area contributed by atoms with Crippen molar-refractivity contribution >= 4 is 16.3 Å². The molecule has 1 aromatic rings. The first-order valence-electron chi connectivity index (χ1n) is 5.09. The van der Waals surface area contributed by atoms with E-state index in [1.54, 1.807) is 0 Å². The molecule has 0 bridgehead atoms. The molecular weight excluding hydrogens is 230 g/mol. The highest BCUT2D eigenvalue weighted by molar-refractivity contribution is 7.89. The number of nitrogens with one attached hydrogen (secondary N) is 1. The van der Waals surface area contributed by atoms with Crippen molar-refractivity contribution in [1.29, 1.82) is 0 Å². The first-order chi connectivity index (χ1) is 7.64. The van der Waals surface area contributed by atoms with Gasteiger partial charge in [0.2, 0.25) is 0 Å². The zero-order valence-corrected chi connectivity index (χ0v) is 9.48. The second-order valence-corrected chi connectivity index (χ2v) is 5.73. The van der Waals surface area contributed by atoms with Crippen molar-refractivity contribution < 1.29 is 13.2 Å². The van der Waals surface area contributed by atoms with Gasteiger partial charge in [0.1, 0.15) is 6.29 Å². The topological polar surface area (TPSA) is 83.1 Å². The number of hydrogen-bond acceptors (Lipinski definition) is 4. The Bertz CT molecular complexity index is 454. The van der Waals surface area contributed by atoms with Crippen LogP contribution >= 0.6 is 0 Å². The molecule has 2 rings (SSSR count). The molecule has 1 aliphatic heterocycles. The van der Waals surface area contributed by atoms with Crippen LogP contribution in [0, 0.1) is 5.92 Å². The fourth-order valence-corrected chi connectivity index (χ4v) is 3.27. The van der Waals surface area contributed by atoms with Gasteiger partial charge in [-0.05, 0) is 18.9 Å². The van der Waals surface area contributed by atoms with Crippen molar-refractivity contribution in [2.24, 2.45) is 5.92 Å². The molecular formula is C9H13N3O3S. The van der Waals surface area contributed by atoms with E-state index in [1.807, 2.05) is 0 Å². The van der Waals surface area contributed by atoms with Crippen molar-refractivity contribution in [3.8, 4) is 0 Å². The van der Waals surface area contributed by atoms with Gasteiger partial charge in [-0.25, -0.2) is 8.42 Å². The number of sulfonamides is 1. The molecule has 1 saturated heterocycles. The number of aromatic amines is 1. The molecule has 7 heteroatoms. The quantitative estimate of drug-likeness (QED) is 0.758. The summed E-state index contributed by atoms with van der Waals surface area (Å²) in [5.74, 6) is -0.188. The number of aldehydes is 1. The van der Waals surface area contributed by atoms with E-state index in [4.69, 9.17) is 0 Å². The molecule has 1 unspecified atom stereocenters. The number of H-pyrrole nitrogens is 1. The van der Waals surface area contributed by atoms with Crippen LogP contribution in [0.2, 0.25) is 0 Å². The fraction of sp³-hybridized carbons (Fsp3) is 0.556. The molecule has 0 aromatic carbocycles. The lowest BCUT2D eigenvalue weighted by Crippen LogP contribution is -2.40. The summed E-state index contributed by atoms with van der Waals surface area (Å²) in [5.41, 5.74) is 0. The Hall–Kier alpha value is -1.21. The van der Waals surface area contributed by atoms with Crippen LogP contribution < -0.4 is 0 Å². The fourth-order valence-electron chi connectivity index (χ4n) is 1.83. The van der Waals surface area contributed by atoms with Crippen LogP contribution in [-0.2, 0) is 14.8 Å². The Morgan fingerprint density at radius 3 is 3.00 bits per heavy atom. The Kier molecular flexibility index (Phi) is 3.06. The van der Waals surface area contributed by atoms with E-state index >= 15 is 0 Å². The van der Waals surface area contributed by atoms with E-state index in [1.165, 1.54) is 16.6 Å². The van der Waals surface area contributed by atoms with Crippen LogP contribution in [-0.4, -0.2) is 42.3 Å². The number of nitrogens with zero attached hydrogens (tertiary/aromatic N) is 2. The van der Waals surface area contributed by atoms with Crippen LogP contribution in [0.4, 0.5) is 0 Å². The maximum atomic E-state index is 12.0. The zero-order valence-electron chi connectivity index (χ0n) is 8.67. The monoisotopic (exact) mass is 243 g/mol. The van der Waals surface area contributed by atoms with E-state index in [0.29, 0.717) is 6.54 Å². The summed E-state index contributed by atoms with van der Waals surface area (Å²) in [6.45, 7) is 0.733. The molecule has 2 heterocycles. The average Bonchev–Trinajstić information content (AvgIpc) is 2.83. The first kappa shape index (κ1) is 11.3. The lowest BCUT2D eigenvalue weighted by Gasteiger charge is -2.28. The maximum Gasteiger partial charge on any atom is 0.259 e. The lowest BCUT2D eigenvalue weighted by atomic mass is 10.0. The van der Waals surface area contributed by atoms with Crippen LogP contribution in [0.1, 0.15) is 12.8 Å². The van der Waals surface area contributed by atoms with E-state index < -0.39 is 10.0 Å². The molecule has 6 nitrogen and oxygen atoms in total. The molecule has 88 valence electrons. The number of hydrogen-bond donors (Lipinski definition) is 1. The molecule has 0 aliphatic carbocycles. The Labute approximate surface area is 93.7 Å². The van der Waals surface area contributed by atoms with Crippen molar-refractivity contribution in [2.45, 2.75) is 17.9 Å². The predicted octanol–water partition coefficient (Wildman–Crippen LogP) is 0.00930. The average molecular weight is 243 g/mol. The van der Waals surface area contributed by atoms with Crippen LogP contribution in [0.5, 0.6) is 0 Å². The van der Waals surface area contributed by atoms with Crippen molar-refractivity contribution in [2.75, 3.05) is 13.1 Å². The smallest absolute Gasteiger partial charge is 0.259 e. The highest BCUT2D eigenvalue weighted by Gasteiger charge is 2.30. The highest BCUT2D eigenvalue weighted by Crippen LogP contribution is 2.21. The van der Waals surface area contributed by atoms with Gasteiger partial charge >= 0.3 is 0 Å². The van der Waals surface area contributed by atoms with Gasteiger partial charge in [-0.1, -0.05) is 0 Å². The summed E-state index contributed by atoms with van der Waals surface area (Å²) in [6, 6.07) is 1.42. The standard InChI is InChI=1S/C9H13N3O3S/c13-7-8-2-1-5-12(6-8)16(14,15)9-3-4-10-11-9/h3-4,7-8H,1-2,5-6H2,(H,10,11). The molecule has 16 heavy (non-hydrogen) atoms. The molecule has 0 spiro atoms. The summed E-state index contributed by atoms with van der Waals surface area (Å²) in [4.78, 5) is 10.7. The summed E-state index contributed by atoms with van der Waals surface area (Å²) < 4.78 is 25.4. The van der Waals surface area contributed by atoms with Gasteiger partial charge in [-0.15, -0.1) is 0 Å². The third-order valence-corrected chi connectivity index (χ3v) is 4.50. The second kappa shape index (κ2) is 4.34. The Balaban J connectivity index is 2.21. The van der Waals surface area contributed by atoms with Gasteiger partial charge in [0.25, 0.3) is 10.0 Å². The molecule has 1 atom stereocenters. The van der Waals surface area contributed by atoms with Gasteiger partial charge in [0, 0.05) is 19.0 Å². The molecule has 0 amide bonds. The molecule has 0 radical (unpaired) electrons. The van der Waals surface area contributed by atoms with Gasteiger partial charge < -0.3 is 4.79 Å². The van der Waals surface area contributed by atoms with Gasteiger partial charge in [-0.2, -0.15) is 9.40 Å². The van der Waals surface area contributed by atoms with E-state index in [2.05, 4.69) is 10.2 Å². The second-order valence-electron chi connectivity index (χ2n) is 3.82. The zero-order chi connectivity index (χ0) is 11.6. The van der Waals surface area contributed by atoms with Gasteiger partial charge in [0.15, 0.2) is 5.03 Å². The minimum atomic E-state index is -3.51. The number of piperidine rings is 1. The molecule has 0 saturated carbocycles. The van der Waals surface area contributed by atoms with Gasteiger partial charge in [0.05, 0.1) is 6.20 Å². The molecule has 1 aromatic heterocycles. The Morgan fingerprint density at radius 2 is 2.38 bits per heavy atom. The van der Waals surface area contributed by atoms with E-state index in [-0.39, 0.29) is 17.5 Å². The first-order valence-corrected chi connectivity index (χ1v) is 6.53. The van der Waals surface area contributed by atoms with Crippen LogP contribution in [0.15, 0.2) is 17.3 Å². The molecule has 1 N–H and O–H groups in total. The minimum absolute atomic E-state index is 0.0825. The summed E-state index contributed by atoms with van der Waals surface area (Å²) in [5, 5.41) is 6.14. The predicted molar refractivity (Wildman–Crippen MR) is 56.1 cm³/mol. The number of carbonyl (C=O) groups is 1. The van der Waals surface area contributed by atoms with Gasteiger partial charge in [-0.3, -0.25) is 5.10 Å². The molecule has 1 fully saturated rings. The Morgan fingerprint density at radius 1 is 1.56 bits per heavy atom. The minimum Gasteiger partial charge on any atom is -0.303 e. The third-order valence-electron chi connectivity index (χ3n) is 2.71. The number of rotatable bonds is 3. The van der Waals surface area contributed by atoms with Crippen LogP contribution in [0.3, 0.4) is 0 Å². The van der Waals surface area contributed by atoms with Crippen molar-refractivity contribution in [3.05, 3.63) is 12.3 Å². The SMILES string of the molecule is O=CC1CCCN(S(=O)(=O)c2ccn[nH]2)C1. The number of aromatic nitrogens is 2. The maximum absolute atomic E-state index is 12.0. The van der Waals surface area contributed by atoms with Crippen LogP contribution in [0.25, 0.3) is 0 Å². The molecule has 1 aliphatic rings. The normalized spacial score (nSPS) is 23.1. The summed E-state index contributed by atoms with van der Waals surface area (Å²) in [6.07, 6.45) is 3.71. The largest absolute Gasteiger partial charge is 0.303 e. The summed E-state index contributed by atoms with van der Waals surface area (Å²) in [7, 11) is -3.51. The highest BCUT2D eigenvalue weighted by atomic mass is 32.2. The van der Waals surface area contributed by atoms with E-state index in [0.717, 1.165) is 19.1 Å².